The summed E-state index contributed by atoms with van der Waals surface area (Å²) in [6.45, 7) is 4.97. The molecule has 0 aromatic rings. The van der Waals surface area contributed by atoms with Gasteiger partial charge in [-0.1, -0.05) is 19.3 Å². The van der Waals surface area contributed by atoms with E-state index < -0.39 is 0 Å². The van der Waals surface area contributed by atoms with E-state index in [1.807, 2.05) is 6.92 Å². The van der Waals surface area contributed by atoms with Crippen molar-refractivity contribution in [3.8, 4) is 0 Å². The molecule has 1 saturated heterocycles. The Balaban J connectivity index is 2.21. The lowest BCUT2D eigenvalue weighted by atomic mass is 9.71. The Hall–Kier alpha value is -0.610. The number of nitrogens with zero attached hydrogens (tertiary/aromatic N) is 1. The third-order valence-electron chi connectivity index (χ3n) is 4.91. The molecule has 1 heterocycles. The molecular weight excluding hydrogens is 240 g/mol. The lowest BCUT2D eigenvalue weighted by molar-refractivity contribution is -0.155. The summed E-state index contributed by atoms with van der Waals surface area (Å²) in [7, 11) is 0. The average molecular weight is 268 g/mol. The highest BCUT2D eigenvalue weighted by Crippen LogP contribution is 2.41. The molecule has 1 aliphatic carbocycles. The lowest BCUT2D eigenvalue weighted by Crippen LogP contribution is -2.58. The normalized spacial score (nSPS) is 25.2. The summed E-state index contributed by atoms with van der Waals surface area (Å²) in [6.07, 6.45) is 8.43. The smallest absolute Gasteiger partial charge is 0.312 e. The summed E-state index contributed by atoms with van der Waals surface area (Å²) in [4.78, 5) is 14.8. The van der Waals surface area contributed by atoms with Gasteiger partial charge in [0.15, 0.2) is 0 Å². The molecule has 0 aromatic heterocycles. The van der Waals surface area contributed by atoms with Gasteiger partial charge in [-0.2, -0.15) is 0 Å². The van der Waals surface area contributed by atoms with Gasteiger partial charge in [-0.25, -0.2) is 0 Å². The zero-order chi connectivity index (χ0) is 13.7. The third-order valence-corrected chi connectivity index (χ3v) is 4.91. The van der Waals surface area contributed by atoms with Crippen LogP contribution in [0.25, 0.3) is 0 Å². The van der Waals surface area contributed by atoms with Gasteiger partial charge in [0, 0.05) is 12.1 Å². The summed E-state index contributed by atoms with van der Waals surface area (Å²) in [5, 5.41) is 0. The first-order valence-corrected chi connectivity index (χ1v) is 7.86. The number of hydrogen-bond acceptors (Lipinski definition) is 4. The van der Waals surface area contributed by atoms with E-state index in [-0.39, 0.29) is 17.4 Å². The fraction of sp³-hybridized carbons (Fsp3) is 0.933. The third kappa shape index (κ3) is 2.95. The van der Waals surface area contributed by atoms with Crippen LogP contribution in [0.4, 0.5) is 0 Å². The van der Waals surface area contributed by atoms with Crippen LogP contribution in [-0.4, -0.2) is 42.6 Å². The first kappa shape index (κ1) is 14.8. The van der Waals surface area contributed by atoms with Gasteiger partial charge in [0.25, 0.3) is 0 Å². The molecule has 0 spiro atoms. The molecule has 0 bridgehead atoms. The molecular formula is C15H28N2O2. The van der Waals surface area contributed by atoms with Crippen molar-refractivity contribution in [3.63, 3.8) is 0 Å². The minimum atomic E-state index is -0.147. The van der Waals surface area contributed by atoms with Gasteiger partial charge >= 0.3 is 5.97 Å². The first-order chi connectivity index (χ1) is 9.24. The summed E-state index contributed by atoms with van der Waals surface area (Å²) in [5.74, 6) is -0.232. The number of esters is 1. The van der Waals surface area contributed by atoms with Gasteiger partial charge in [0.05, 0.1) is 12.5 Å². The molecule has 4 nitrogen and oxygen atoms in total. The lowest BCUT2D eigenvalue weighted by Gasteiger charge is -2.48. The molecule has 1 aliphatic heterocycles. The standard InChI is InChI=1S/C15H28N2O2/c1-2-19-14(18)13(12-16)15(8-4-3-5-9-15)17-10-6-7-11-17/h13H,2-12,16H2,1H3/t13-/m1/s1. The van der Waals surface area contributed by atoms with E-state index in [2.05, 4.69) is 4.90 Å². The Morgan fingerprint density at radius 3 is 2.37 bits per heavy atom. The SMILES string of the molecule is CCOC(=O)[C@@H](CN)C1(N2CCCC2)CCCCC1. The van der Waals surface area contributed by atoms with Crippen molar-refractivity contribution in [1.82, 2.24) is 4.90 Å². The van der Waals surface area contributed by atoms with Crippen LogP contribution in [0.15, 0.2) is 0 Å². The van der Waals surface area contributed by atoms with Crippen molar-refractivity contribution >= 4 is 5.97 Å². The summed E-state index contributed by atoms with van der Waals surface area (Å²) in [6, 6.07) is 0. The second kappa shape index (κ2) is 6.71. The maximum Gasteiger partial charge on any atom is 0.312 e. The second-order valence-electron chi connectivity index (χ2n) is 5.90. The largest absolute Gasteiger partial charge is 0.466 e. The zero-order valence-corrected chi connectivity index (χ0v) is 12.2. The van der Waals surface area contributed by atoms with Crippen LogP contribution in [-0.2, 0) is 9.53 Å². The average Bonchev–Trinajstić information content (AvgIpc) is 2.95. The molecule has 0 unspecified atom stereocenters. The highest BCUT2D eigenvalue weighted by atomic mass is 16.5. The molecule has 4 heteroatoms. The fourth-order valence-electron chi connectivity index (χ4n) is 3.99. The molecule has 2 rings (SSSR count). The van der Waals surface area contributed by atoms with Gasteiger partial charge in [0.1, 0.15) is 0 Å². The van der Waals surface area contributed by atoms with Crippen LogP contribution in [0.5, 0.6) is 0 Å². The predicted molar refractivity (Wildman–Crippen MR) is 75.8 cm³/mol. The van der Waals surface area contributed by atoms with Crippen LogP contribution >= 0.6 is 0 Å². The van der Waals surface area contributed by atoms with E-state index >= 15 is 0 Å². The number of nitrogens with two attached hydrogens (primary N) is 1. The van der Waals surface area contributed by atoms with Crippen LogP contribution in [0, 0.1) is 5.92 Å². The molecule has 0 amide bonds. The number of carbonyl (C=O) groups excluding carboxylic acids is 1. The topological polar surface area (TPSA) is 55.6 Å². The monoisotopic (exact) mass is 268 g/mol. The maximum absolute atomic E-state index is 12.3. The molecule has 110 valence electrons. The molecule has 1 atom stereocenters. The van der Waals surface area contributed by atoms with E-state index in [0.29, 0.717) is 13.2 Å². The van der Waals surface area contributed by atoms with Crippen LogP contribution in [0.2, 0.25) is 0 Å². The minimum absolute atomic E-state index is 0.0181. The molecule has 0 aromatic carbocycles. The Morgan fingerprint density at radius 2 is 1.84 bits per heavy atom. The van der Waals surface area contributed by atoms with Crippen LogP contribution < -0.4 is 5.73 Å². The highest BCUT2D eigenvalue weighted by molar-refractivity contribution is 5.74. The Morgan fingerprint density at radius 1 is 1.21 bits per heavy atom. The van der Waals surface area contributed by atoms with Gasteiger partial charge in [0.2, 0.25) is 0 Å². The van der Waals surface area contributed by atoms with E-state index in [4.69, 9.17) is 10.5 Å². The number of hydrogen-bond donors (Lipinski definition) is 1. The van der Waals surface area contributed by atoms with Gasteiger partial charge in [-0.15, -0.1) is 0 Å². The number of likely N-dealkylation sites (tertiary alicyclic amines) is 1. The summed E-state index contributed by atoms with van der Waals surface area (Å²) >= 11 is 0. The quantitative estimate of drug-likeness (QED) is 0.774. The van der Waals surface area contributed by atoms with Gasteiger partial charge < -0.3 is 10.5 Å². The van der Waals surface area contributed by atoms with Crippen molar-refractivity contribution in [2.45, 2.75) is 57.4 Å². The molecule has 19 heavy (non-hydrogen) atoms. The maximum atomic E-state index is 12.3. The van der Waals surface area contributed by atoms with E-state index in [1.165, 1.54) is 32.1 Å². The van der Waals surface area contributed by atoms with Crippen molar-refractivity contribution < 1.29 is 9.53 Å². The van der Waals surface area contributed by atoms with E-state index in [1.54, 1.807) is 0 Å². The minimum Gasteiger partial charge on any atom is -0.466 e. The van der Waals surface area contributed by atoms with Gasteiger partial charge in [-0.05, 0) is 45.7 Å². The van der Waals surface area contributed by atoms with Crippen LogP contribution in [0.1, 0.15) is 51.9 Å². The highest BCUT2D eigenvalue weighted by Gasteiger charge is 2.48. The Labute approximate surface area is 116 Å². The molecule has 2 aliphatic rings. The number of carbonyl (C=O) groups is 1. The number of ether oxygens (including phenoxy) is 1. The second-order valence-corrected chi connectivity index (χ2v) is 5.90. The Kier molecular flexibility index (Phi) is 5.22. The molecule has 1 saturated carbocycles. The molecule has 0 radical (unpaired) electrons. The molecule has 2 fully saturated rings. The van der Waals surface area contributed by atoms with Crippen molar-refractivity contribution in [3.05, 3.63) is 0 Å². The predicted octanol–water partition coefficient (Wildman–Crippen LogP) is 1.92. The number of rotatable bonds is 5. The van der Waals surface area contributed by atoms with E-state index in [9.17, 15) is 4.79 Å². The summed E-state index contributed by atoms with van der Waals surface area (Å²) < 4.78 is 5.29. The first-order valence-electron chi connectivity index (χ1n) is 7.86. The van der Waals surface area contributed by atoms with Crippen molar-refractivity contribution in [2.24, 2.45) is 11.7 Å². The zero-order valence-electron chi connectivity index (χ0n) is 12.2. The van der Waals surface area contributed by atoms with Gasteiger partial charge in [-0.3, -0.25) is 9.69 Å². The Bertz CT molecular complexity index is 295. The van der Waals surface area contributed by atoms with E-state index in [0.717, 1.165) is 25.9 Å². The van der Waals surface area contributed by atoms with Crippen LogP contribution in [0.3, 0.4) is 0 Å². The fourth-order valence-corrected chi connectivity index (χ4v) is 3.99. The molecule has 2 N–H and O–H groups in total. The summed E-state index contributed by atoms with van der Waals surface area (Å²) in [5.41, 5.74) is 5.94. The van der Waals surface area contributed by atoms with Crippen molar-refractivity contribution in [1.29, 1.82) is 0 Å². The van der Waals surface area contributed by atoms with Crippen molar-refractivity contribution in [2.75, 3.05) is 26.2 Å².